The van der Waals surface area contributed by atoms with Gasteiger partial charge in [-0.2, -0.15) is 4.31 Å². The van der Waals surface area contributed by atoms with Crippen molar-refractivity contribution in [2.75, 3.05) is 0 Å². The number of sulfonamides is 1. The van der Waals surface area contributed by atoms with Gasteiger partial charge in [0, 0.05) is 6.42 Å². The van der Waals surface area contributed by atoms with Crippen LogP contribution in [0.2, 0.25) is 0 Å². The molecule has 1 fully saturated rings. The van der Waals surface area contributed by atoms with E-state index >= 15 is 0 Å². The molecule has 0 aromatic heterocycles. The largest absolute Gasteiger partial charge is 0.480 e. The van der Waals surface area contributed by atoms with Crippen LogP contribution in [0.25, 0.3) is 0 Å². The molecule has 36 heavy (non-hydrogen) atoms. The van der Waals surface area contributed by atoms with Crippen molar-refractivity contribution in [3.8, 4) is 0 Å². The van der Waals surface area contributed by atoms with E-state index in [1.807, 2.05) is 0 Å². The Morgan fingerprint density at radius 2 is 1.64 bits per heavy atom. The molecule has 0 unspecified atom stereocenters. The van der Waals surface area contributed by atoms with E-state index in [4.69, 9.17) is 0 Å². The highest BCUT2D eigenvalue weighted by Gasteiger charge is 2.46. The lowest BCUT2D eigenvalue weighted by molar-refractivity contribution is -0.142. The summed E-state index contributed by atoms with van der Waals surface area (Å²) in [5.74, 6) is -3.31. The third kappa shape index (κ3) is 5.44. The lowest BCUT2D eigenvalue weighted by Gasteiger charge is -2.30. The van der Waals surface area contributed by atoms with Crippen LogP contribution in [0.5, 0.6) is 0 Å². The molecule has 1 aliphatic heterocycles. The number of carboxylic acid groups (broad SMARTS) is 1. The fourth-order valence-electron chi connectivity index (χ4n) is 4.43. The van der Waals surface area contributed by atoms with Crippen LogP contribution in [0.3, 0.4) is 0 Å². The van der Waals surface area contributed by atoms with Crippen molar-refractivity contribution in [1.29, 1.82) is 0 Å². The van der Waals surface area contributed by atoms with Gasteiger partial charge in [-0.1, -0.05) is 48.5 Å². The fourth-order valence-corrected chi connectivity index (χ4v) is 6.29. The fraction of sp³-hybridized carbons (Fsp3) is 0.231. The molecule has 3 aromatic rings. The number of hydrogen-bond donors (Lipinski definition) is 2. The summed E-state index contributed by atoms with van der Waals surface area (Å²) in [5.41, 5.74) is 1.15. The Bertz CT molecular complexity index is 1350. The van der Waals surface area contributed by atoms with Crippen LogP contribution in [0, 0.1) is 11.6 Å². The minimum Gasteiger partial charge on any atom is -0.480 e. The van der Waals surface area contributed by atoms with Crippen LogP contribution in [0.15, 0.2) is 83.8 Å². The first-order valence-corrected chi connectivity index (χ1v) is 12.7. The van der Waals surface area contributed by atoms with Gasteiger partial charge < -0.3 is 10.4 Å². The smallest absolute Gasteiger partial charge is 0.326 e. The van der Waals surface area contributed by atoms with Crippen molar-refractivity contribution in [1.82, 2.24) is 9.62 Å². The molecule has 3 aromatic carbocycles. The van der Waals surface area contributed by atoms with Crippen molar-refractivity contribution in [3.05, 3.63) is 102 Å². The summed E-state index contributed by atoms with van der Waals surface area (Å²) in [6.07, 6.45) is 0.335. The number of carbonyl (C=O) groups excluding carboxylic acids is 1. The molecule has 7 nitrogen and oxygen atoms in total. The first-order valence-electron chi connectivity index (χ1n) is 11.3. The SMILES string of the molecule is O=C(O)[C@H](Cc1ccc(F)cc1)NC(=O)[C@@H]1CC[C@H](c2ccccc2)N1S(=O)(=O)c1cccc(F)c1. The minimum absolute atomic E-state index is 0.118. The summed E-state index contributed by atoms with van der Waals surface area (Å²) < 4.78 is 55.5. The van der Waals surface area contributed by atoms with Gasteiger partial charge in [-0.25, -0.2) is 22.0 Å². The molecule has 1 amide bonds. The molecule has 10 heteroatoms. The first kappa shape index (κ1) is 25.5. The van der Waals surface area contributed by atoms with Crippen LogP contribution in [0.1, 0.15) is 30.0 Å². The van der Waals surface area contributed by atoms with Gasteiger partial charge in [0.25, 0.3) is 0 Å². The van der Waals surface area contributed by atoms with Gasteiger partial charge in [0.15, 0.2) is 0 Å². The van der Waals surface area contributed by atoms with E-state index in [1.54, 1.807) is 30.3 Å². The Morgan fingerprint density at radius 1 is 0.944 bits per heavy atom. The molecule has 0 saturated carbocycles. The summed E-state index contributed by atoms with van der Waals surface area (Å²) in [7, 11) is -4.33. The molecule has 0 radical (unpaired) electrons. The molecule has 3 atom stereocenters. The van der Waals surface area contributed by atoms with Gasteiger partial charge in [0.05, 0.1) is 10.9 Å². The second-order valence-corrected chi connectivity index (χ2v) is 10.4. The number of halogens is 2. The van der Waals surface area contributed by atoms with Crippen molar-refractivity contribution in [2.45, 2.75) is 42.3 Å². The third-order valence-corrected chi connectivity index (χ3v) is 8.07. The number of carbonyl (C=O) groups is 2. The quantitative estimate of drug-likeness (QED) is 0.478. The number of amides is 1. The maximum atomic E-state index is 13.9. The van der Waals surface area contributed by atoms with Crippen LogP contribution in [-0.4, -0.2) is 41.8 Å². The first-order chi connectivity index (χ1) is 17.2. The molecule has 1 heterocycles. The van der Waals surface area contributed by atoms with E-state index in [2.05, 4.69) is 5.32 Å². The minimum atomic E-state index is -4.33. The Hall–Kier alpha value is -3.63. The standard InChI is InChI=1S/C26H24F2N2O5S/c27-19-11-9-17(10-12-19)15-22(26(32)33)29-25(31)24-14-13-23(18-5-2-1-3-6-18)30(24)36(34,35)21-8-4-7-20(28)16-21/h1-12,16,22-24H,13-15H2,(H,29,31)(H,32,33)/t22-,23+,24-/m0/s1. The van der Waals surface area contributed by atoms with Crippen LogP contribution < -0.4 is 5.32 Å². The van der Waals surface area contributed by atoms with E-state index in [0.29, 0.717) is 17.5 Å². The lowest BCUT2D eigenvalue weighted by Crippen LogP contribution is -2.51. The molecule has 0 spiro atoms. The molecule has 1 saturated heterocycles. The molecule has 188 valence electrons. The molecular formula is C26H24F2N2O5S. The maximum absolute atomic E-state index is 13.9. The molecule has 2 N–H and O–H groups in total. The number of hydrogen-bond acceptors (Lipinski definition) is 4. The zero-order chi connectivity index (χ0) is 25.9. The van der Waals surface area contributed by atoms with E-state index in [0.717, 1.165) is 16.4 Å². The zero-order valence-corrected chi connectivity index (χ0v) is 19.9. The molecule has 0 aliphatic carbocycles. The number of benzene rings is 3. The normalized spacial score (nSPS) is 19.1. The van der Waals surface area contributed by atoms with Gasteiger partial charge in [-0.05, 0) is 54.3 Å². The number of nitrogens with zero attached hydrogens (tertiary/aromatic N) is 1. The highest BCUT2D eigenvalue weighted by atomic mass is 32.2. The second-order valence-electron chi connectivity index (χ2n) is 8.54. The summed E-state index contributed by atoms with van der Waals surface area (Å²) in [6, 6.07) is 15.2. The van der Waals surface area contributed by atoms with Gasteiger partial charge in [0.1, 0.15) is 23.7 Å². The van der Waals surface area contributed by atoms with Crippen molar-refractivity contribution >= 4 is 21.9 Å². The van der Waals surface area contributed by atoms with Crippen molar-refractivity contribution in [2.24, 2.45) is 0 Å². The third-order valence-electron chi connectivity index (χ3n) is 6.15. The molecule has 1 aliphatic rings. The van der Waals surface area contributed by atoms with E-state index in [-0.39, 0.29) is 17.7 Å². The Labute approximate surface area is 207 Å². The molecular weight excluding hydrogens is 490 g/mol. The number of carboxylic acids is 1. The van der Waals surface area contributed by atoms with Gasteiger partial charge in [-0.15, -0.1) is 0 Å². The van der Waals surface area contributed by atoms with Crippen molar-refractivity contribution < 1.29 is 31.9 Å². The average Bonchev–Trinajstić information content (AvgIpc) is 3.32. The van der Waals surface area contributed by atoms with E-state index < -0.39 is 51.7 Å². The monoisotopic (exact) mass is 514 g/mol. The van der Waals surface area contributed by atoms with E-state index in [9.17, 15) is 31.9 Å². The highest BCUT2D eigenvalue weighted by molar-refractivity contribution is 7.89. The van der Waals surface area contributed by atoms with Gasteiger partial charge in [-0.3, -0.25) is 4.79 Å². The number of aliphatic carboxylic acids is 1. The van der Waals surface area contributed by atoms with Crippen LogP contribution >= 0.6 is 0 Å². The summed E-state index contributed by atoms with van der Waals surface area (Å²) in [6.45, 7) is 0. The number of nitrogens with one attached hydrogen (secondary N) is 1. The average molecular weight is 515 g/mol. The summed E-state index contributed by atoms with van der Waals surface area (Å²) >= 11 is 0. The van der Waals surface area contributed by atoms with Crippen LogP contribution in [0.4, 0.5) is 8.78 Å². The van der Waals surface area contributed by atoms with Crippen molar-refractivity contribution in [3.63, 3.8) is 0 Å². The highest BCUT2D eigenvalue weighted by Crippen LogP contribution is 2.40. The van der Waals surface area contributed by atoms with Gasteiger partial charge in [0.2, 0.25) is 15.9 Å². The summed E-state index contributed by atoms with van der Waals surface area (Å²) in [5, 5.41) is 12.1. The molecule has 0 bridgehead atoms. The van der Waals surface area contributed by atoms with Gasteiger partial charge >= 0.3 is 5.97 Å². The Balaban J connectivity index is 1.65. The predicted molar refractivity (Wildman–Crippen MR) is 127 cm³/mol. The Morgan fingerprint density at radius 3 is 2.28 bits per heavy atom. The zero-order valence-electron chi connectivity index (χ0n) is 19.1. The second kappa shape index (κ2) is 10.5. The number of rotatable bonds is 8. The van der Waals surface area contributed by atoms with E-state index in [1.165, 1.54) is 36.4 Å². The maximum Gasteiger partial charge on any atom is 0.326 e. The van der Waals surface area contributed by atoms with Crippen LogP contribution in [-0.2, 0) is 26.0 Å². The molecule has 4 rings (SSSR count). The topological polar surface area (TPSA) is 104 Å². The lowest BCUT2D eigenvalue weighted by atomic mass is 10.0. The Kier molecular flexibility index (Phi) is 7.46. The predicted octanol–water partition coefficient (Wildman–Crippen LogP) is 3.67. The summed E-state index contributed by atoms with van der Waals surface area (Å²) in [4.78, 5) is 24.9.